The van der Waals surface area contributed by atoms with Crippen LogP contribution >= 0.6 is 11.3 Å². The van der Waals surface area contributed by atoms with Crippen LogP contribution in [0.3, 0.4) is 0 Å². The number of hydrazine groups is 1. The fourth-order valence-electron chi connectivity index (χ4n) is 3.20. The molecule has 2 amide bonds. The van der Waals surface area contributed by atoms with Gasteiger partial charge in [-0.05, 0) is 49.9 Å². The lowest BCUT2D eigenvalue weighted by molar-refractivity contribution is 0.0848. The number of rotatable bonds is 6. The van der Waals surface area contributed by atoms with Crippen LogP contribution in [0.1, 0.15) is 57.4 Å². The molecule has 0 bridgehead atoms. The van der Waals surface area contributed by atoms with E-state index in [0.29, 0.717) is 29.6 Å². The van der Waals surface area contributed by atoms with Crippen molar-refractivity contribution in [1.82, 2.24) is 20.1 Å². The minimum atomic E-state index is -3.53. The minimum Gasteiger partial charge on any atom is -0.267 e. The first-order valence-corrected chi connectivity index (χ1v) is 12.1. The van der Waals surface area contributed by atoms with E-state index in [0.717, 1.165) is 24.3 Å². The van der Waals surface area contributed by atoms with Crippen LogP contribution in [0.25, 0.3) is 0 Å². The molecule has 1 aliphatic rings. The van der Waals surface area contributed by atoms with E-state index >= 15 is 0 Å². The lowest BCUT2D eigenvalue weighted by atomic mass is 10.1. The third-order valence-corrected chi connectivity index (χ3v) is 7.83. The Morgan fingerprint density at radius 3 is 2.30 bits per heavy atom. The van der Waals surface area contributed by atoms with Gasteiger partial charge in [0.25, 0.3) is 11.8 Å². The number of aryl methyl sites for hydroxylation is 1. The lowest BCUT2D eigenvalue weighted by Crippen LogP contribution is -2.41. The molecule has 30 heavy (non-hydrogen) atoms. The molecule has 0 aliphatic carbocycles. The van der Waals surface area contributed by atoms with Crippen molar-refractivity contribution in [2.24, 2.45) is 5.92 Å². The molecule has 1 aromatic heterocycles. The van der Waals surface area contributed by atoms with Crippen molar-refractivity contribution in [2.45, 2.75) is 44.9 Å². The van der Waals surface area contributed by atoms with Gasteiger partial charge in [0.15, 0.2) is 0 Å². The molecule has 0 unspecified atom stereocenters. The topological polar surface area (TPSA) is 108 Å². The Hall–Kier alpha value is -2.30. The SMILES string of the molecule is Cc1nc(CC(C)C)sc1C(=O)NNC(=O)c1ccc(S(=O)(=O)N2CCCC2)cc1. The molecule has 2 N–H and O–H groups in total. The van der Waals surface area contributed by atoms with Gasteiger partial charge in [-0.2, -0.15) is 4.31 Å². The third-order valence-electron chi connectivity index (χ3n) is 4.74. The molecule has 0 saturated carbocycles. The Balaban J connectivity index is 1.61. The second-order valence-electron chi connectivity index (χ2n) is 7.66. The molecule has 3 rings (SSSR count). The highest BCUT2D eigenvalue weighted by atomic mass is 32.2. The van der Waals surface area contributed by atoms with Gasteiger partial charge in [-0.3, -0.25) is 20.4 Å². The van der Waals surface area contributed by atoms with Crippen molar-refractivity contribution in [2.75, 3.05) is 13.1 Å². The minimum absolute atomic E-state index is 0.156. The summed E-state index contributed by atoms with van der Waals surface area (Å²) in [6.07, 6.45) is 2.51. The number of nitrogens with zero attached hydrogens (tertiary/aromatic N) is 2. The number of nitrogens with one attached hydrogen (secondary N) is 2. The average Bonchev–Trinajstić information content (AvgIpc) is 3.36. The number of sulfonamides is 1. The summed E-state index contributed by atoms with van der Waals surface area (Å²) in [6, 6.07) is 5.69. The molecule has 2 heterocycles. The summed E-state index contributed by atoms with van der Waals surface area (Å²) in [6.45, 7) is 6.96. The van der Waals surface area contributed by atoms with E-state index in [1.165, 1.54) is 39.9 Å². The molecular weight excluding hydrogens is 424 g/mol. The van der Waals surface area contributed by atoms with Crippen LogP contribution in [0.15, 0.2) is 29.2 Å². The summed E-state index contributed by atoms with van der Waals surface area (Å²) in [5.41, 5.74) is 5.64. The molecule has 10 heteroatoms. The van der Waals surface area contributed by atoms with Crippen LogP contribution in [0.5, 0.6) is 0 Å². The highest BCUT2D eigenvalue weighted by Gasteiger charge is 2.27. The van der Waals surface area contributed by atoms with Crippen molar-refractivity contribution < 1.29 is 18.0 Å². The standard InChI is InChI=1S/C20H26N4O4S2/c1-13(2)12-17-21-14(3)18(29-17)20(26)23-22-19(25)15-6-8-16(9-7-15)30(27,28)24-10-4-5-11-24/h6-9,13H,4-5,10-12H2,1-3H3,(H,22,25)(H,23,26). The maximum Gasteiger partial charge on any atom is 0.281 e. The summed E-state index contributed by atoms with van der Waals surface area (Å²) < 4.78 is 26.6. The Labute approximate surface area is 180 Å². The fraction of sp³-hybridized carbons (Fsp3) is 0.450. The van der Waals surface area contributed by atoms with Crippen molar-refractivity contribution >= 4 is 33.2 Å². The van der Waals surface area contributed by atoms with Crippen molar-refractivity contribution in [1.29, 1.82) is 0 Å². The Bertz CT molecular complexity index is 1020. The first-order chi connectivity index (χ1) is 14.2. The van der Waals surface area contributed by atoms with Gasteiger partial charge in [0, 0.05) is 25.1 Å². The zero-order chi connectivity index (χ0) is 21.9. The Kier molecular flexibility index (Phi) is 6.89. The zero-order valence-electron chi connectivity index (χ0n) is 17.3. The highest BCUT2D eigenvalue weighted by Crippen LogP contribution is 2.22. The predicted octanol–water partition coefficient (Wildman–Crippen LogP) is 2.51. The Morgan fingerprint density at radius 1 is 1.10 bits per heavy atom. The zero-order valence-corrected chi connectivity index (χ0v) is 18.9. The van der Waals surface area contributed by atoms with Gasteiger partial charge >= 0.3 is 0 Å². The molecule has 0 atom stereocenters. The van der Waals surface area contributed by atoms with Gasteiger partial charge in [0.05, 0.1) is 15.6 Å². The number of hydrogen-bond donors (Lipinski definition) is 2. The molecular formula is C20H26N4O4S2. The molecule has 1 fully saturated rings. The van der Waals surface area contributed by atoms with Crippen molar-refractivity contribution in [3.8, 4) is 0 Å². The molecule has 2 aromatic rings. The van der Waals surface area contributed by atoms with Gasteiger partial charge in [-0.1, -0.05) is 13.8 Å². The first kappa shape index (κ1) is 22.4. The van der Waals surface area contributed by atoms with E-state index in [9.17, 15) is 18.0 Å². The predicted molar refractivity (Wildman–Crippen MR) is 115 cm³/mol. The number of carbonyl (C=O) groups excluding carboxylic acids is 2. The van der Waals surface area contributed by atoms with E-state index < -0.39 is 21.8 Å². The van der Waals surface area contributed by atoms with E-state index in [1.54, 1.807) is 6.92 Å². The summed E-state index contributed by atoms with van der Waals surface area (Å²) in [5.74, 6) is -0.525. The van der Waals surface area contributed by atoms with Gasteiger partial charge in [0.2, 0.25) is 10.0 Å². The quantitative estimate of drug-likeness (QED) is 0.658. The largest absolute Gasteiger partial charge is 0.281 e. The number of carbonyl (C=O) groups is 2. The molecule has 8 nitrogen and oxygen atoms in total. The normalized spacial score (nSPS) is 14.8. The van der Waals surface area contributed by atoms with E-state index in [4.69, 9.17) is 0 Å². The monoisotopic (exact) mass is 450 g/mol. The lowest BCUT2D eigenvalue weighted by Gasteiger charge is -2.15. The van der Waals surface area contributed by atoms with Crippen LogP contribution in [-0.2, 0) is 16.4 Å². The van der Waals surface area contributed by atoms with Crippen molar-refractivity contribution in [3.05, 3.63) is 45.4 Å². The van der Waals surface area contributed by atoms with Gasteiger partial charge in [0.1, 0.15) is 4.88 Å². The van der Waals surface area contributed by atoms with E-state index in [-0.39, 0.29) is 10.5 Å². The van der Waals surface area contributed by atoms with Crippen LogP contribution in [-0.4, -0.2) is 42.6 Å². The molecule has 1 aliphatic heterocycles. The molecule has 162 valence electrons. The summed E-state index contributed by atoms with van der Waals surface area (Å²) in [4.78, 5) is 29.7. The number of aromatic nitrogens is 1. The van der Waals surface area contributed by atoms with Gasteiger partial charge in [-0.25, -0.2) is 13.4 Å². The summed E-state index contributed by atoms with van der Waals surface area (Å²) >= 11 is 1.31. The maximum atomic E-state index is 12.6. The van der Waals surface area contributed by atoms with E-state index in [1.807, 2.05) is 0 Å². The fourth-order valence-corrected chi connectivity index (χ4v) is 5.89. The highest BCUT2D eigenvalue weighted by molar-refractivity contribution is 7.89. The smallest absolute Gasteiger partial charge is 0.267 e. The number of thiazole rings is 1. The summed E-state index contributed by atoms with van der Waals surface area (Å²) in [7, 11) is -3.53. The Morgan fingerprint density at radius 2 is 1.70 bits per heavy atom. The van der Waals surface area contributed by atoms with Crippen molar-refractivity contribution in [3.63, 3.8) is 0 Å². The van der Waals surface area contributed by atoms with Crippen LogP contribution in [0.2, 0.25) is 0 Å². The van der Waals surface area contributed by atoms with Crippen LogP contribution < -0.4 is 10.9 Å². The van der Waals surface area contributed by atoms with Gasteiger partial charge < -0.3 is 0 Å². The maximum absolute atomic E-state index is 12.6. The molecule has 0 spiro atoms. The van der Waals surface area contributed by atoms with E-state index in [2.05, 4.69) is 29.7 Å². The number of hydrogen-bond acceptors (Lipinski definition) is 6. The second kappa shape index (κ2) is 9.23. The van der Waals surface area contributed by atoms with Gasteiger partial charge in [-0.15, -0.1) is 11.3 Å². The number of benzene rings is 1. The summed E-state index contributed by atoms with van der Waals surface area (Å²) in [5, 5.41) is 0.883. The average molecular weight is 451 g/mol. The second-order valence-corrected chi connectivity index (χ2v) is 10.7. The first-order valence-electron chi connectivity index (χ1n) is 9.85. The molecule has 1 saturated heterocycles. The van der Waals surface area contributed by atoms with Crippen LogP contribution in [0, 0.1) is 12.8 Å². The molecule has 1 aromatic carbocycles. The molecule has 0 radical (unpaired) electrons. The third kappa shape index (κ3) is 5.05. The number of amides is 2. The van der Waals surface area contributed by atoms with Crippen LogP contribution in [0.4, 0.5) is 0 Å².